The zero-order chi connectivity index (χ0) is 13.2. The second kappa shape index (κ2) is 5.24. The first-order chi connectivity index (χ1) is 8.54. The number of hydrogen-bond donors (Lipinski definition) is 1. The third-order valence-electron chi connectivity index (χ3n) is 3.38. The predicted octanol–water partition coefficient (Wildman–Crippen LogP) is 1.06. The molecule has 5 nitrogen and oxygen atoms in total. The van der Waals surface area contributed by atoms with Crippen molar-refractivity contribution in [1.29, 1.82) is 0 Å². The maximum Gasteiger partial charge on any atom is 0.155 e. The fourth-order valence-electron chi connectivity index (χ4n) is 2.33. The average molecular weight is 270 g/mol. The third kappa shape index (κ3) is 2.64. The second-order valence-electron chi connectivity index (χ2n) is 4.59. The first-order valence-corrected chi connectivity index (χ1v) is 7.72. The molecule has 1 aliphatic heterocycles. The van der Waals surface area contributed by atoms with E-state index in [4.69, 9.17) is 10.5 Å². The van der Waals surface area contributed by atoms with Gasteiger partial charge in [-0.3, -0.25) is 4.98 Å². The Morgan fingerprint density at radius 2 is 2.22 bits per heavy atom. The molecule has 0 aliphatic carbocycles. The van der Waals surface area contributed by atoms with Crippen LogP contribution >= 0.6 is 0 Å². The lowest BCUT2D eigenvalue weighted by Crippen LogP contribution is -2.37. The van der Waals surface area contributed by atoms with Crippen LogP contribution in [0.3, 0.4) is 0 Å². The van der Waals surface area contributed by atoms with Gasteiger partial charge < -0.3 is 10.5 Å². The minimum atomic E-state index is -3.08. The number of nitrogens with zero attached hydrogens (tertiary/aromatic N) is 1. The van der Waals surface area contributed by atoms with Crippen LogP contribution in [0, 0.1) is 0 Å². The highest BCUT2D eigenvalue weighted by atomic mass is 32.2. The number of ether oxygens (including phenoxy) is 1. The maximum absolute atomic E-state index is 12.0. The Hall–Kier alpha value is -1.14. The summed E-state index contributed by atoms with van der Waals surface area (Å²) in [6, 6.07) is 1.22. The standard InChI is InChI=1S/C12H18N2O3S/c1-17-10-6-9(7-14-8-10)12(13)11-4-2-3-5-18(11,15)16/h6-8,11-12H,2-5,13H2,1H3. The molecule has 2 unspecified atom stereocenters. The number of aromatic nitrogens is 1. The molecule has 0 saturated carbocycles. The van der Waals surface area contributed by atoms with Crippen molar-refractivity contribution in [2.75, 3.05) is 12.9 Å². The minimum Gasteiger partial charge on any atom is -0.495 e. The highest BCUT2D eigenvalue weighted by Crippen LogP contribution is 2.29. The predicted molar refractivity (Wildman–Crippen MR) is 69.1 cm³/mol. The van der Waals surface area contributed by atoms with Gasteiger partial charge in [-0.05, 0) is 24.5 Å². The molecule has 2 rings (SSSR count). The van der Waals surface area contributed by atoms with Crippen LogP contribution in [-0.4, -0.2) is 31.5 Å². The van der Waals surface area contributed by atoms with Crippen molar-refractivity contribution in [2.24, 2.45) is 5.73 Å². The molecule has 2 N–H and O–H groups in total. The van der Waals surface area contributed by atoms with E-state index in [1.807, 2.05) is 0 Å². The summed E-state index contributed by atoms with van der Waals surface area (Å²) in [7, 11) is -1.54. The fourth-order valence-corrected chi connectivity index (χ4v) is 4.37. The van der Waals surface area contributed by atoms with Gasteiger partial charge >= 0.3 is 0 Å². The Labute approximate surface area is 107 Å². The highest BCUT2D eigenvalue weighted by Gasteiger charge is 2.34. The zero-order valence-electron chi connectivity index (χ0n) is 10.4. The number of nitrogens with two attached hydrogens (primary N) is 1. The Balaban J connectivity index is 2.26. The second-order valence-corrected chi connectivity index (χ2v) is 6.92. The third-order valence-corrected chi connectivity index (χ3v) is 5.69. The quantitative estimate of drug-likeness (QED) is 0.888. The molecule has 0 amide bonds. The smallest absolute Gasteiger partial charge is 0.155 e. The number of methoxy groups -OCH3 is 1. The van der Waals surface area contributed by atoms with Gasteiger partial charge in [-0.2, -0.15) is 0 Å². The highest BCUT2D eigenvalue weighted by molar-refractivity contribution is 7.92. The molecule has 1 aromatic rings. The van der Waals surface area contributed by atoms with Gasteiger partial charge in [-0.25, -0.2) is 8.42 Å². The normalized spacial score (nSPS) is 24.4. The summed E-state index contributed by atoms with van der Waals surface area (Å²) in [5.74, 6) is 0.833. The molecule has 6 heteroatoms. The summed E-state index contributed by atoms with van der Waals surface area (Å²) in [5.41, 5.74) is 6.81. The molecule has 1 fully saturated rings. The summed E-state index contributed by atoms with van der Waals surface area (Å²) in [4.78, 5) is 4.02. The van der Waals surface area contributed by atoms with E-state index in [0.717, 1.165) is 12.8 Å². The van der Waals surface area contributed by atoms with Crippen molar-refractivity contribution < 1.29 is 13.2 Å². The molecule has 0 radical (unpaired) electrons. The molecular formula is C12H18N2O3S. The van der Waals surface area contributed by atoms with E-state index in [0.29, 0.717) is 17.7 Å². The topological polar surface area (TPSA) is 82.3 Å². The van der Waals surface area contributed by atoms with Gasteiger partial charge in [0.05, 0.1) is 24.3 Å². The maximum atomic E-state index is 12.0. The van der Waals surface area contributed by atoms with Crippen molar-refractivity contribution in [2.45, 2.75) is 30.6 Å². The van der Waals surface area contributed by atoms with Crippen LogP contribution in [0.15, 0.2) is 18.5 Å². The Kier molecular flexibility index (Phi) is 3.87. The number of sulfone groups is 1. The van der Waals surface area contributed by atoms with Gasteiger partial charge in [-0.15, -0.1) is 0 Å². The van der Waals surface area contributed by atoms with Gasteiger partial charge in [0.2, 0.25) is 0 Å². The molecule has 1 aromatic heterocycles. The molecule has 1 aliphatic rings. The lowest BCUT2D eigenvalue weighted by atomic mass is 10.0. The van der Waals surface area contributed by atoms with Crippen LogP contribution in [0.4, 0.5) is 0 Å². The van der Waals surface area contributed by atoms with Crippen molar-refractivity contribution in [3.8, 4) is 5.75 Å². The molecule has 100 valence electrons. The van der Waals surface area contributed by atoms with Crippen LogP contribution in [-0.2, 0) is 9.84 Å². The fraction of sp³-hybridized carbons (Fsp3) is 0.583. The van der Waals surface area contributed by atoms with E-state index in [1.54, 1.807) is 25.6 Å². The van der Waals surface area contributed by atoms with E-state index in [-0.39, 0.29) is 5.75 Å². The molecular weight excluding hydrogens is 252 g/mol. The average Bonchev–Trinajstić information content (AvgIpc) is 2.37. The largest absolute Gasteiger partial charge is 0.495 e. The van der Waals surface area contributed by atoms with E-state index in [2.05, 4.69) is 4.98 Å². The summed E-state index contributed by atoms with van der Waals surface area (Å²) in [6.45, 7) is 0. The van der Waals surface area contributed by atoms with Crippen molar-refractivity contribution in [1.82, 2.24) is 4.98 Å². The van der Waals surface area contributed by atoms with E-state index in [9.17, 15) is 8.42 Å². The van der Waals surface area contributed by atoms with Crippen LogP contribution in [0.2, 0.25) is 0 Å². The first kappa shape index (κ1) is 13.3. The van der Waals surface area contributed by atoms with Crippen LogP contribution in [0.25, 0.3) is 0 Å². The number of rotatable bonds is 3. The van der Waals surface area contributed by atoms with Gasteiger partial charge in [0.25, 0.3) is 0 Å². The Morgan fingerprint density at radius 3 is 2.89 bits per heavy atom. The lowest BCUT2D eigenvalue weighted by Gasteiger charge is -2.27. The van der Waals surface area contributed by atoms with Crippen LogP contribution in [0.5, 0.6) is 5.75 Å². The monoisotopic (exact) mass is 270 g/mol. The summed E-state index contributed by atoms with van der Waals surface area (Å²) in [5, 5.41) is -0.500. The van der Waals surface area contributed by atoms with Crippen LogP contribution in [0.1, 0.15) is 30.9 Å². The zero-order valence-corrected chi connectivity index (χ0v) is 11.2. The summed E-state index contributed by atoms with van der Waals surface area (Å²) in [6.07, 6.45) is 5.46. The van der Waals surface area contributed by atoms with Crippen molar-refractivity contribution in [3.05, 3.63) is 24.0 Å². The molecule has 2 heterocycles. The molecule has 0 bridgehead atoms. The lowest BCUT2D eigenvalue weighted by molar-refractivity contribution is 0.411. The summed E-state index contributed by atoms with van der Waals surface area (Å²) < 4.78 is 29.1. The molecule has 1 saturated heterocycles. The molecule has 2 atom stereocenters. The van der Waals surface area contributed by atoms with Gasteiger partial charge in [0, 0.05) is 12.2 Å². The van der Waals surface area contributed by atoms with Gasteiger partial charge in [0.1, 0.15) is 5.75 Å². The van der Waals surface area contributed by atoms with Gasteiger partial charge in [0.15, 0.2) is 9.84 Å². The van der Waals surface area contributed by atoms with E-state index < -0.39 is 21.1 Å². The van der Waals surface area contributed by atoms with Crippen molar-refractivity contribution >= 4 is 9.84 Å². The SMILES string of the molecule is COc1cncc(C(N)C2CCCCS2(=O)=O)c1. The minimum absolute atomic E-state index is 0.239. The molecule has 18 heavy (non-hydrogen) atoms. The Morgan fingerprint density at radius 1 is 1.44 bits per heavy atom. The van der Waals surface area contributed by atoms with E-state index >= 15 is 0 Å². The molecule has 0 aromatic carbocycles. The first-order valence-electron chi connectivity index (χ1n) is 6.00. The Bertz CT molecular complexity index is 516. The molecule has 0 spiro atoms. The van der Waals surface area contributed by atoms with Crippen molar-refractivity contribution in [3.63, 3.8) is 0 Å². The summed E-state index contributed by atoms with van der Waals surface area (Å²) >= 11 is 0. The number of pyridine rings is 1. The number of hydrogen-bond acceptors (Lipinski definition) is 5. The van der Waals surface area contributed by atoms with E-state index in [1.165, 1.54) is 0 Å². The van der Waals surface area contributed by atoms with Crippen LogP contribution < -0.4 is 10.5 Å². The van der Waals surface area contributed by atoms with Gasteiger partial charge in [-0.1, -0.05) is 6.42 Å².